The molecule has 0 saturated carbocycles. The van der Waals surface area contributed by atoms with E-state index in [1.54, 1.807) is 12.0 Å². The molecule has 0 aromatic rings. The van der Waals surface area contributed by atoms with Gasteiger partial charge in [0.1, 0.15) is 5.76 Å². The van der Waals surface area contributed by atoms with Gasteiger partial charge in [-0.1, -0.05) is 19.1 Å². The van der Waals surface area contributed by atoms with Crippen molar-refractivity contribution in [3.63, 3.8) is 0 Å². The Morgan fingerprint density at radius 2 is 2.27 bits per heavy atom. The van der Waals surface area contributed by atoms with Crippen LogP contribution in [0.4, 0.5) is 4.79 Å². The van der Waals surface area contributed by atoms with Crippen LogP contribution in [-0.2, 0) is 4.74 Å². The summed E-state index contributed by atoms with van der Waals surface area (Å²) in [5.41, 5.74) is 2.40. The van der Waals surface area contributed by atoms with Gasteiger partial charge in [-0.05, 0) is 50.8 Å². The molecule has 1 aliphatic rings. The first kappa shape index (κ1) is 18.3. The van der Waals surface area contributed by atoms with Gasteiger partial charge in [-0.25, -0.2) is 4.79 Å². The van der Waals surface area contributed by atoms with E-state index in [0.29, 0.717) is 0 Å². The number of rotatable bonds is 6. The maximum atomic E-state index is 12.2. The van der Waals surface area contributed by atoms with E-state index in [-0.39, 0.29) is 18.0 Å². The second-order valence-electron chi connectivity index (χ2n) is 5.85. The molecule has 22 heavy (non-hydrogen) atoms. The van der Waals surface area contributed by atoms with E-state index < -0.39 is 0 Å². The Bertz CT molecular complexity index is 477. The first-order valence-corrected chi connectivity index (χ1v) is 8.05. The minimum Gasteiger partial charge on any atom is -0.497 e. The molecule has 2 atom stereocenters. The maximum Gasteiger partial charge on any atom is 0.317 e. The highest BCUT2D eigenvalue weighted by molar-refractivity contribution is 5.74. The van der Waals surface area contributed by atoms with E-state index in [2.05, 4.69) is 38.2 Å². The summed E-state index contributed by atoms with van der Waals surface area (Å²) in [4.78, 5) is 13.9. The quantitative estimate of drug-likeness (QED) is 0.809. The molecular formula is C18H30N2O2. The molecule has 0 fully saturated rings. The molecule has 0 saturated heterocycles. The molecule has 2 amide bonds. The molecule has 1 N–H and O–H groups in total. The first-order chi connectivity index (χ1) is 10.5. The fourth-order valence-electron chi connectivity index (χ4n) is 2.91. The number of nitrogens with one attached hydrogen (secondary N) is 1. The number of hydrogen-bond acceptors (Lipinski definition) is 2. The molecule has 0 aliphatic heterocycles. The van der Waals surface area contributed by atoms with E-state index in [1.807, 2.05) is 20.0 Å². The summed E-state index contributed by atoms with van der Waals surface area (Å²) in [5, 5.41) is 3.12. The van der Waals surface area contributed by atoms with Gasteiger partial charge in [0.15, 0.2) is 0 Å². The zero-order valence-electron chi connectivity index (χ0n) is 14.8. The third kappa shape index (κ3) is 4.39. The van der Waals surface area contributed by atoms with Crippen LogP contribution in [-0.4, -0.2) is 37.7 Å². The van der Waals surface area contributed by atoms with Gasteiger partial charge in [-0.2, -0.15) is 0 Å². The molecular weight excluding hydrogens is 276 g/mol. The SMILES string of the molecule is C/C=C\C1=C(C)C(OC)=CCC1C(C)NC(=O)N(C)CCC. The number of nitrogens with zero attached hydrogens (tertiary/aromatic N) is 1. The van der Waals surface area contributed by atoms with Crippen LogP contribution in [0.5, 0.6) is 0 Å². The maximum absolute atomic E-state index is 12.2. The topological polar surface area (TPSA) is 41.6 Å². The van der Waals surface area contributed by atoms with Crippen molar-refractivity contribution in [1.29, 1.82) is 0 Å². The van der Waals surface area contributed by atoms with Gasteiger partial charge in [0, 0.05) is 25.6 Å². The van der Waals surface area contributed by atoms with Gasteiger partial charge in [-0.15, -0.1) is 0 Å². The molecule has 4 heteroatoms. The standard InChI is InChI=1S/C18H30N2O2/c1-7-9-15-13(3)17(22-6)11-10-16(15)14(4)19-18(21)20(5)12-8-2/h7,9,11,14,16H,8,10,12H2,1-6H3,(H,19,21)/b9-7-. The average molecular weight is 306 g/mol. The summed E-state index contributed by atoms with van der Waals surface area (Å²) in [5.74, 6) is 1.21. The van der Waals surface area contributed by atoms with E-state index in [9.17, 15) is 4.79 Å². The molecule has 0 spiro atoms. The van der Waals surface area contributed by atoms with Crippen LogP contribution in [0.1, 0.15) is 40.5 Å². The number of urea groups is 1. The van der Waals surface area contributed by atoms with Crippen molar-refractivity contribution in [2.75, 3.05) is 20.7 Å². The van der Waals surface area contributed by atoms with Crippen molar-refractivity contribution >= 4 is 6.03 Å². The minimum atomic E-state index is -0.00616. The number of hydrogen-bond donors (Lipinski definition) is 1. The summed E-state index contributed by atoms with van der Waals surface area (Å²) >= 11 is 0. The third-order valence-electron chi connectivity index (χ3n) is 4.19. The Morgan fingerprint density at radius 3 is 2.82 bits per heavy atom. The fraction of sp³-hybridized carbons (Fsp3) is 0.611. The van der Waals surface area contributed by atoms with Crippen molar-refractivity contribution in [2.45, 2.75) is 46.6 Å². The number of ether oxygens (including phenoxy) is 1. The predicted molar refractivity (Wildman–Crippen MR) is 91.6 cm³/mol. The lowest BCUT2D eigenvalue weighted by molar-refractivity contribution is 0.202. The minimum absolute atomic E-state index is 0.00616. The molecule has 0 aromatic carbocycles. The lowest BCUT2D eigenvalue weighted by Gasteiger charge is -2.31. The van der Waals surface area contributed by atoms with Crippen LogP contribution in [0, 0.1) is 5.92 Å². The van der Waals surface area contributed by atoms with Crippen LogP contribution >= 0.6 is 0 Å². The zero-order chi connectivity index (χ0) is 16.7. The first-order valence-electron chi connectivity index (χ1n) is 8.05. The normalized spacial score (nSPS) is 19.9. The Balaban J connectivity index is 2.87. The van der Waals surface area contributed by atoms with Gasteiger partial charge in [0.05, 0.1) is 7.11 Å². The van der Waals surface area contributed by atoms with Crippen molar-refractivity contribution in [1.82, 2.24) is 10.2 Å². The molecule has 1 rings (SSSR count). The van der Waals surface area contributed by atoms with E-state index in [4.69, 9.17) is 4.74 Å². The Kier molecular flexibility index (Phi) is 7.22. The Hall–Kier alpha value is -1.71. The van der Waals surface area contributed by atoms with Crippen LogP contribution in [0.15, 0.2) is 35.1 Å². The van der Waals surface area contributed by atoms with Crippen molar-refractivity contribution in [2.24, 2.45) is 5.92 Å². The van der Waals surface area contributed by atoms with Crippen molar-refractivity contribution in [3.05, 3.63) is 35.1 Å². The molecule has 2 unspecified atom stereocenters. The predicted octanol–water partition coefficient (Wildman–Crippen LogP) is 3.87. The Labute approximate surface area is 134 Å². The van der Waals surface area contributed by atoms with Crippen LogP contribution < -0.4 is 5.32 Å². The summed E-state index contributed by atoms with van der Waals surface area (Å²) in [7, 11) is 3.54. The second-order valence-corrected chi connectivity index (χ2v) is 5.85. The van der Waals surface area contributed by atoms with Crippen LogP contribution in [0.25, 0.3) is 0 Å². The third-order valence-corrected chi connectivity index (χ3v) is 4.19. The average Bonchev–Trinajstić information content (AvgIpc) is 2.49. The number of amides is 2. The van der Waals surface area contributed by atoms with Gasteiger partial charge >= 0.3 is 6.03 Å². The lowest BCUT2D eigenvalue weighted by Crippen LogP contribution is -2.45. The van der Waals surface area contributed by atoms with E-state index in [1.165, 1.54) is 5.57 Å². The summed E-state index contributed by atoms with van der Waals surface area (Å²) in [6, 6.07) is 0.0657. The van der Waals surface area contributed by atoms with Crippen molar-refractivity contribution in [3.8, 4) is 0 Å². The molecule has 4 nitrogen and oxygen atoms in total. The summed E-state index contributed by atoms with van der Waals surface area (Å²) in [6.07, 6.45) is 8.13. The smallest absolute Gasteiger partial charge is 0.317 e. The number of carbonyl (C=O) groups is 1. The molecule has 0 radical (unpaired) electrons. The highest BCUT2D eigenvalue weighted by Gasteiger charge is 2.27. The highest BCUT2D eigenvalue weighted by atomic mass is 16.5. The van der Waals surface area contributed by atoms with Crippen LogP contribution in [0.2, 0.25) is 0 Å². The van der Waals surface area contributed by atoms with Crippen LogP contribution in [0.3, 0.4) is 0 Å². The molecule has 0 bridgehead atoms. The van der Waals surface area contributed by atoms with Gasteiger partial charge in [0.2, 0.25) is 0 Å². The molecule has 124 valence electrons. The van der Waals surface area contributed by atoms with E-state index in [0.717, 1.165) is 30.7 Å². The number of allylic oxidation sites excluding steroid dienone is 4. The molecule has 0 aromatic heterocycles. The van der Waals surface area contributed by atoms with E-state index >= 15 is 0 Å². The highest BCUT2D eigenvalue weighted by Crippen LogP contribution is 2.33. The Morgan fingerprint density at radius 1 is 1.59 bits per heavy atom. The van der Waals surface area contributed by atoms with Gasteiger partial charge in [-0.3, -0.25) is 0 Å². The second kappa shape index (κ2) is 8.66. The monoisotopic (exact) mass is 306 g/mol. The fourth-order valence-corrected chi connectivity index (χ4v) is 2.91. The van der Waals surface area contributed by atoms with Crippen molar-refractivity contribution < 1.29 is 9.53 Å². The number of methoxy groups -OCH3 is 1. The molecule has 0 heterocycles. The summed E-state index contributed by atoms with van der Waals surface area (Å²) in [6.45, 7) is 9.01. The molecule has 1 aliphatic carbocycles. The van der Waals surface area contributed by atoms with Gasteiger partial charge < -0.3 is 15.0 Å². The zero-order valence-corrected chi connectivity index (χ0v) is 14.8. The van der Waals surface area contributed by atoms with Gasteiger partial charge in [0.25, 0.3) is 0 Å². The number of carbonyl (C=O) groups excluding carboxylic acids is 1. The lowest BCUT2D eigenvalue weighted by atomic mass is 9.82. The largest absolute Gasteiger partial charge is 0.497 e. The summed E-state index contributed by atoms with van der Waals surface area (Å²) < 4.78 is 5.43.